The minimum atomic E-state index is 0.565. The van der Waals surface area contributed by atoms with Gasteiger partial charge in [0.25, 0.3) is 0 Å². The molecular weight excluding hydrogens is 326 g/mol. The van der Waals surface area contributed by atoms with Crippen LogP contribution in [0.2, 0.25) is 0 Å². The van der Waals surface area contributed by atoms with E-state index >= 15 is 0 Å². The summed E-state index contributed by atoms with van der Waals surface area (Å²) in [6.07, 6.45) is 5.17. The van der Waals surface area contributed by atoms with Crippen LogP contribution in [0.5, 0.6) is 0 Å². The highest BCUT2D eigenvalue weighted by molar-refractivity contribution is 4.48. The van der Waals surface area contributed by atoms with Crippen molar-refractivity contribution in [1.29, 1.82) is 0 Å². The van der Waals surface area contributed by atoms with Gasteiger partial charge in [-0.3, -0.25) is 0 Å². The monoisotopic (exact) mass is 361 g/mol. The number of hydrogen-bond donors (Lipinski definition) is 0. The zero-order valence-corrected chi connectivity index (χ0v) is 15.7. The average molecular weight is 361 g/mol. The summed E-state index contributed by atoms with van der Waals surface area (Å²) in [6, 6.07) is 0. The molecule has 0 bridgehead atoms. The molecule has 0 spiro atoms. The zero-order chi connectivity index (χ0) is 18.3. The van der Waals surface area contributed by atoms with Gasteiger partial charge in [-0.1, -0.05) is 24.9 Å². The number of rotatable bonds is 21. The van der Waals surface area contributed by atoms with Crippen molar-refractivity contribution in [1.82, 2.24) is 0 Å². The Bertz CT molecular complexity index is 302. The predicted molar refractivity (Wildman–Crippen MR) is 96.9 cm³/mol. The van der Waals surface area contributed by atoms with Gasteiger partial charge in [0.1, 0.15) is 0 Å². The second-order valence-electron chi connectivity index (χ2n) is 5.43. The van der Waals surface area contributed by atoms with Crippen LogP contribution in [0.15, 0.2) is 5.11 Å². The van der Waals surface area contributed by atoms with Crippen LogP contribution in [-0.2, 0) is 23.7 Å². The largest absolute Gasteiger partial charge is 0.379 e. The predicted octanol–water partition coefficient (Wildman–Crippen LogP) is 3.35. The van der Waals surface area contributed by atoms with Gasteiger partial charge in [0.15, 0.2) is 0 Å². The van der Waals surface area contributed by atoms with E-state index in [1.54, 1.807) is 0 Å². The molecule has 0 aliphatic rings. The summed E-state index contributed by atoms with van der Waals surface area (Å²) in [5, 5.41) is 3.48. The molecule has 8 nitrogen and oxygen atoms in total. The number of nitrogens with zero attached hydrogens (tertiary/aromatic N) is 3. The molecule has 0 rings (SSSR count). The molecule has 0 aliphatic carbocycles. The van der Waals surface area contributed by atoms with Crippen LogP contribution in [-0.4, -0.2) is 72.6 Å². The fourth-order valence-electron chi connectivity index (χ4n) is 1.84. The summed E-state index contributed by atoms with van der Waals surface area (Å²) in [5.41, 5.74) is 8.13. The molecule has 25 heavy (non-hydrogen) atoms. The maximum Gasteiger partial charge on any atom is 0.0701 e. The van der Waals surface area contributed by atoms with Crippen molar-refractivity contribution in [2.45, 2.75) is 39.0 Å². The zero-order valence-electron chi connectivity index (χ0n) is 15.7. The van der Waals surface area contributed by atoms with Gasteiger partial charge in [0.05, 0.1) is 52.9 Å². The Morgan fingerprint density at radius 1 is 0.600 bits per heavy atom. The van der Waals surface area contributed by atoms with Gasteiger partial charge in [-0.25, -0.2) is 0 Å². The molecule has 0 saturated heterocycles. The first kappa shape index (κ1) is 24.1. The summed E-state index contributed by atoms with van der Waals surface area (Å²) in [4.78, 5) is 2.71. The van der Waals surface area contributed by atoms with Gasteiger partial charge in [-0.15, -0.1) is 0 Å². The Hall–Kier alpha value is -0.890. The topological polar surface area (TPSA) is 94.9 Å². The number of unbranched alkanes of at least 4 members (excludes halogenated alkanes) is 3. The lowest BCUT2D eigenvalue weighted by Crippen LogP contribution is -2.13. The second-order valence-corrected chi connectivity index (χ2v) is 5.43. The third kappa shape index (κ3) is 23.1. The van der Waals surface area contributed by atoms with Crippen LogP contribution >= 0.6 is 0 Å². The SMILES string of the molecule is CCCCOCCOCCOCCOCCOCCCCCN=[N+]=[N-]. The molecule has 0 heterocycles. The highest BCUT2D eigenvalue weighted by Crippen LogP contribution is 1.96. The van der Waals surface area contributed by atoms with Gasteiger partial charge < -0.3 is 23.7 Å². The maximum absolute atomic E-state index is 8.13. The highest BCUT2D eigenvalue weighted by Gasteiger charge is 1.94. The standard InChI is InChI=1S/C17H35N3O5/c1-2-3-8-21-10-12-23-14-16-25-17-15-24-13-11-22-9-6-4-5-7-19-20-18/h2-17H2,1H3. The van der Waals surface area contributed by atoms with Crippen LogP contribution in [0.25, 0.3) is 10.4 Å². The third-order valence-corrected chi connectivity index (χ3v) is 3.24. The van der Waals surface area contributed by atoms with Crippen molar-refractivity contribution in [3.63, 3.8) is 0 Å². The quantitative estimate of drug-likeness (QED) is 0.135. The molecule has 0 atom stereocenters. The Labute approximate surface area is 151 Å². The van der Waals surface area contributed by atoms with Crippen LogP contribution < -0.4 is 0 Å². The van der Waals surface area contributed by atoms with E-state index in [0.29, 0.717) is 59.4 Å². The molecule has 148 valence electrons. The highest BCUT2D eigenvalue weighted by atomic mass is 16.6. The van der Waals surface area contributed by atoms with Gasteiger partial charge in [0.2, 0.25) is 0 Å². The van der Waals surface area contributed by atoms with Crippen molar-refractivity contribution < 1.29 is 23.7 Å². The average Bonchev–Trinajstić information content (AvgIpc) is 2.63. The summed E-state index contributed by atoms with van der Waals surface area (Å²) >= 11 is 0. The van der Waals surface area contributed by atoms with Crippen LogP contribution in [0.4, 0.5) is 0 Å². The Balaban J connectivity index is 2.97. The Kier molecular flexibility index (Phi) is 22.3. The Morgan fingerprint density at radius 2 is 1.04 bits per heavy atom. The van der Waals surface area contributed by atoms with Crippen LogP contribution in [0.3, 0.4) is 0 Å². The molecule has 0 radical (unpaired) electrons. The second kappa shape index (κ2) is 23.1. The first-order valence-corrected chi connectivity index (χ1v) is 9.31. The first-order chi connectivity index (χ1) is 12.4. The molecule has 0 fully saturated rings. The van der Waals surface area contributed by atoms with E-state index < -0.39 is 0 Å². The van der Waals surface area contributed by atoms with E-state index in [2.05, 4.69) is 16.9 Å². The van der Waals surface area contributed by atoms with Gasteiger partial charge >= 0.3 is 0 Å². The van der Waals surface area contributed by atoms with E-state index in [1.165, 1.54) is 0 Å². The molecule has 0 saturated carbocycles. The van der Waals surface area contributed by atoms with E-state index in [-0.39, 0.29) is 0 Å². The summed E-state index contributed by atoms with van der Waals surface area (Å²) in [7, 11) is 0. The normalized spacial score (nSPS) is 10.8. The smallest absolute Gasteiger partial charge is 0.0701 e. The number of azide groups is 1. The fourth-order valence-corrected chi connectivity index (χ4v) is 1.84. The molecule has 0 unspecified atom stereocenters. The van der Waals surface area contributed by atoms with Gasteiger partial charge in [0, 0.05) is 24.7 Å². The first-order valence-electron chi connectivity index (χ1n) is 9.31. The number of ether oxygens (including phenoxy) is 5. The lowest BCUT2D eigenvalue weighted by atomic mass is 10.2. The number of hydrogen-bond acceptors (Lipinski definition) is 6. The summed E-state index contributed by atoms with van der Waals surface area (Å²) in [6.45, 7) is 8.97. The minimum Gasteiger partial charge on any atom is -0.379 e. The maximum atomic E-state index is 8.13. The molecule has 0 aromatic carbocycles. The molecular formula is C17H35N3O5. The summed E-state index contributed by atoms with van der Waals surface area (Å²) < 4.78 is 27.0. The van der Waals surface area contributed by atoms with Crippen LogP contribution in [0.1, 0.15) is 39.0 Å². The molecule has 0 aromatic heterocycles. The van der Waals surface area contributed by atoms with Gasteiger partial charge in [-0.05, 0) is 24.8 Å². The third-order valence-electron chi connectivity index (χ3n) is 3.24. The van der Waals surface area contributed by atoms with Crippen molar-refractivity contribution in [2.24, 2.45) is 5.11 Å². The van der Waals surface area contributed by atoms with Gasteiger partial charge in [-0.2, -0.15) is 0 Å². The molecule has 0 aromatic rings. The van der Waals surface area contributed by atoms with E-state index in [0.717, 1.165) is 45.3 Å². The molecule has 0 aliphatic heterocycles. The van der Waals surface area contributed by atoms with E-state index in [4.69, 9.17) is 29.2 Å². The van der Waals surface area contributed by atoms with Crippen molar-refractivity contribution in [2.75, 3.05) is 72.6 Å². The van der Waals surface area contributed by atoms with E-state index in [1.807, 2.05) is 0 Å². The lowest BCUT2D eigenvalue weighted by Gasteiger charge is -2.08. The summed E-state index contributed by atoms with van der Waals surface area (Å²) in [5.74, 6) is 0. The van der Waals surface area contributed by atoms with E-state index in [9.17, 15) is 0 Å². The fraction of sp³-hybridized carbons (Fsp3) is 1.00. The molecule has 0 N–H and O–H groups in total. The van der Waals surface area contributed by atoms with Crippen LogP contribution in [0, 0.1) is 0 Å². The minimum absolute atomic E-state index is 0.565. The molecule has 0 amide bonds. The van der Waals surface area contributed by atoms with Crippen molar-refractivity contribution in [3.8, 4) is 0 Å². The van der Waals surface area contributed by atoms with Crippen molar-refractivity contribution in [3.05, 3.63) is 10.4 Å². The Morgan fingerprint density at radius 3 is 1.48 bits per heavy atom. The van der Waals surface area contributed by atoms with Crippen molar-refractivity contribution >= 4 is 0 Å². The molecule has 8 heteroatoms. The lowest BCUT2D eigenvalue weighted by molar-refractivity contribution is -0.0113.